The summed E-state index contributed by atoms with van der Waals surface area (Å²) in [6.07, 6.45) is 0. The van der Waals surface area contributed by atoms with Crippen LogP contribution in [0.2, 0.25) is 39.3 Å². The van der Waals surface area contributed by atoms with Crippen LogP contribution in [0.15, 0.2) is 182 Å². The van der Waals surface area contributed by atoms with Gasteiger partial charge in [-0.25, -0.2) is 17.6 Å². The van der Waals surface area contributed by atoms with Gasteiger partial charge in [0.25, 0.3) is 0 Å². The van der Waals surface area contributed by atoms with Crippen LogP contribution in [0.25, 0.3) is 54.6 Å². The second kappa shape index (κ2) is 16.5. The van der Waals surface area contributed by atoms with Crippen molar-refractivity contribution in [1.29, 1.82) is 0 Å². The molecule has 10 rings (SSSR count). The van der Waals surface area contributed by atoms with Gasteiger partial charge in [0.2, 0.25) is 0 Å². The highest BCUT2D eigenvalue weighted by Crippen LogP contribution is 2.51. The average Bonchev–Trinajstić information content (AvgIpc) is 3.30. The van der Waals surface area contributed by atoms with Crippen molar-refractivity contribution in [3.05, 3.63) is 205 Å². The summed E-state index contributed by atoms with van der Waals surface area (Å²) in [5, 5.41) is 7.70. The maximum atomic E-state index is 17.1. The number of benzene rings is 10. The molecule has 0 aliphatic rings. The van der Waals surface area contributed by atoms with E-state index >= 15 is 17.6 Å². The van der Waals surface area contributed by atoms with E-state index in [1.54, 1.807) is 0 Å². The van der Waals surface area contributed by atoms with E-state index in [4.69, 9.17) is 0 Å². The highest BCUT2D eigenvalue weighted by molar-refractivity contribution is 6.90. The van der Waals surface area contributed by atoms with Gasteiger partial charge in [-0.05, 0) is 81.2 Å². The van der Waals surface area contributed by atoms with Crippen molar-refractivity contribution in [3.8, 4) is 22.3 Å². The number of nitrogens with zero attached hydrogens (tertiary/aromatic N) is 2. The molecule has 0 fully saturated rings. The Bertz CT molecular complexity index is 3220. The molecule has 0 amide bonds. The van der Waals surface area contributed by atoms with Gasteiger partial charge in [0.1, 0.15) is 11.6 Å². The third-order valence-corrected chi connectivity index (χ3v) is 16.8. The molecule has 0 atom stereocenters. The van der Waals surface area contributed by atoms with Crippen molar-refractivity contribution in [2.24, 2.45) is 0 Å². The highest BCUT2D eigenvalue weighted by atomic mass is 28.3. The Hall–Kier alpha value is -7.01. The van der Waals surface area contributed by atoms with E-state index in [-0.39, 0.29) is 11.4 Å². The lowest BCUT2D eigenvalue weighted by atomic mass is 9.91. The van der Waals surface area contributed by atoms with Crippen molar-refractivity contribution in [1.82, 2.24) is 0 Å². The molecule has 0 heterocycles. The molecule has 0 unspecified atom stereocenters. The van der Waals surface area contributed by atoms with Crippen LogP contribution in [0.1, 0.15) is 0 Å². The normalized spacial score (nSPS) is 12.1. The third kappa shape index (κ3) is 7.44. The number of rotatable bonds is 10. The highest BCUT2D eigenvalue weighted by Gasteiger charge is 2.31. The zero-order valence-electron chi connectivity index (χ0n) is 37.7. The Balaban J connectivity index is 1.27. The van der Waals surface area contributed by atoms with Gasteiger partial charge in [-0.1, -0.05) is 171 Å². The van der Waals surface area contributed by atoms with E-state index in [0.717, 1.165) is 66.0 Å². The second-order valence-corrected chi connectivity index (χ2v) is 29.2. The van der Waals surface area contributed by atoms with Gasteiger partial charge in [-0.2, -0.15) is 0 Å². The van der Waals surface area contributed by atoms with Crippen molar-refractivity contribution in [3.63, 3.8) is 0 Å². The SMILES string of the molecule is C[Si](C)(C)c1ccccc1-c1cc(F)cc(F)c1N(c1ccccc1)c1ccc2ccc3c(N(c4ccccc4)c4c(F)cc(F)cc4-c4ccccc4[Si](C)(C)C)ccc4ccc1c2c43. The molecule has 0 N–H and O–H groups in total. The van der Waals surface area contributed by atoms with Gasteiger partial charge >= 0.3 is 0 Å². The fourth-order valence-electron chi connectivity index (χ4n) is 9.83. The number of hydrogen-bond donors (Lipinski definition) is 0. The minimum absolute atomic E-state index is 0.247. The van der Waals surface area contributed by atoms with Crippen LogP contribution in [0.4, 0.5) is 51.7 Å². The lowest BCUT2D eigenvalue weighted by Crippen LogP contribution is -2.39. The van der Waals surface area contributed by atoms with Gasteiger partial charge < -0.3 is 9.80 Å². The maximum Gasteiger partial charge on any atom is 0.150 e. The van der Waals surface area contributed by atoms with E-state index in [2.05, 4.69) is 87.8 Å². The summed E-state index contributed by atoms with van der Waals surface area (Å²) in [6.45, 7) is 13.4. The fourth-order valence-corrected chi connectivity index (χ4v) is 13.1. The lowest BCUT2D eigenvalue weighted by Gasteiger charge is -2.32. The Morgan fingerprint density at radius 3 is 1.08 bits per heavy atom. The first kappa shape index (κ1) is 42.9. The van der Waals surface area contributed by atoms with Gasteiger partial charge in [-0.3, -0.25) is 0 Å². The van der Waals surface area contributed by atoms with Gasteiger partial charge in [0.15, 0.2) is 11.6 Å². The molecule has 0 aliphatic carbocycles. The molecule has 8 heteroatoms. The van der Waals surface area contributed by atoms with E-state index in [1.807, 2.05) is 119 Å². The summed E-state index contributed by atoms with van der Waals surface area (Å²) in [7, 11) is -4.02. The summed E-state index contributed by atoms with van der Waals surface area (Å²) >= 11 is 0. The van der Waals surface area contributed by atoms with Crippen LogP contribution in [-0.4, -0.2) is 16.1 Å². The molecule has 10 aromatic carbocycles. The summed E-state index contributed by atoms with van der Waals surface area (Å²) in [6, 6.07) is 56.5. The topological polar surface area (TPSA) is 6.48 Å². The standard InChI is InChI=1S/C58H48F4N2Si2/c1-65(2,3)53-23-15-13-21-43(53)47-33-39(59)35-49(61)57(47)63(41-17-9-7-10-18-41)51-31-27-37-26-30-46-52(32-28-38-25-29-45(51)55(37)56(38)46)64(42-19-11-8-12-20-42)58-48(34-40(60)36-50(58)62)44-22-14-16-24-54(44)66(4,5)6/h7-36H,1-6H3. The summed E-state index contributed by atoms with van der Waals surface area (Å²) in [4.78, 5) is 3.84. The van der Waals surface area contributed by atoms with Crippen LogP contribution in [0.3, 0.4) is 0 Å². The van der Waals surface area contributed by atoms with Crippen molar-refractivity contribution >= 4 is 93.0 Å². The summed E-state index contributed by atoms with van der Waals surface area (Å²) in [5.74, 6) is -2.67. The number of halogens is 4. The van der Waals surface area contributed by atoms with Crippen LogP contribution < -0.4 is 20.2 Å². The lowest BCUT2D eigenvalue weighted by molar-refractivity contribution is 0.584. The second-order valence-electron chi connectivity index (χ2n) is 19.1. The molecular weight excluding hydrogens is 857 g/mol. The minimum Gasteiger partial charge on any atom is -0.307 e. The van der Waals surface area contributed by atoms with Crippen molar-refractivity contribution in [2.45, 2.75) is 39.3 Å². The predicted octanol–water partition coefficient (Wildman–Crippen LogP) is 16.5. The van der Waals surface area contributed by atoms with E-state index in [0.29, 0.717) is 33.9 Å². The molecule has 0 aliphatic heterocycles. The minimum atomic E-state index is -2.01. The average molecular weight is 905 g/mol. The number of hydrogen-bond acceptors (Lipinski definition) is 2. The molecule has 0 spiro atoms. The first-order valence-corrected chi connectivity index (χ1v) is 29.3. The molecule has 66 heavy (non-hydrogen) atoms. The monoisotopic (exact) mass is 904 g/mol. The zero-order chi connectivity index (χ0) is 46.1. The Kier molecular flexibility index (Phi) is 10.7. The van der Waals surface area contributed by atoms with Gasteiger partial charge in [0, 0.05) is 45.4 Å². The Morgan fingerprint density at radius 2 is 0.697 bits per heavy atom. The van der Waals surface area contributed by atoms with E-state index in [1.165, 1.54) is 12.1 Å². The number of anilines is 6. The van der Waals surface area contributed by atoms with Gasteiger partial charge in [-0.15, -0.1) is 0 Å². The quantitative estimate of drug-likeness (QED) is 0.0766. The molecule has 10 aromatic rings. The molecule has 0 radical (unpaired) electrons. The summed E-state index contributed by atoms with van der Waals surface area (Å²) < 4.78 is 65.4. The first-order chi connectivity index (χ1) is 31.7. The number of para-hydroxylation sites is 2. The zero-order valence-corrected chi connectivity index (χ0v) is 39.7. The molecule has 326 valence electrons. The molecule has 0 saturated carbocycles. The Morgan fingerprint density at radius 1 is 0.348 bits per heavy atom. The molecule has 0 aromatic heterocycles. The molecule has 0 bridgehead atoms. The smallest absolute Gasteiger partial charge is 0.150 e. The summed E-state index contributed by atoms with van der Waals surface area (Å²) in [5.41, 5.74) is 5.86. The van der Waals surface area contributed by atoms with Crippen LogP contribution >= 0.6 is 0 Å². The van der Waals surface area contributed by atoms with Crippen LogP contribution in [0.5, 0.6) is 0 Å². The van der Waals surface area contributed by atoms with Crippen LogP contribution in [-0.2, 0) is 0 Å². The van der Waals surface area contributed by atoms with Crippen molar-refractivity contribution in [2.75, 3.05) is 9.80 Å². The molecule has 2 nitrogen and oxygen atoms in total. The van der Waals surface area contributed by atoms with E-state index < -0.39 is 39.4 Å². The fraction of sp³-hybridized carbons (Fsp3) is 0.103. The first-order valence-electron chi connectivity index (χ1n) is 22.3. The molecular formula is C58H48F4N2Si2. The predicted molar refractivity (Wildman–Crippen MR) is 276 cm³/mol. The van der Waals surface area contributed by atoms with E-state index in [9.17, 15) is 0 Å². The largest absolute Gasteiger partial charge is 0.307 e. The molecule has 0 saturated heterocycles. The van der Waals surface area contributed by atoms with Crippen molar-refractivity contribution < 1.29 is 17.6 Å². The maximum absolute atomic E-state index is 17.1. The third-order valence-electron chi connectivity index (χ3n) is 12.7. The van der Waals surface area contributed by atoms with Crippen LogP contribution in [0, 0.1) is 23.3 Å². The Labute approximate surface area is 385 Å². The van der Waals surface area contributed by atoms with Gasteiger partial charge in [0.05, 0.1) is 38.9 Å².